The summed E-state index contributed by atoms with van der Waals surface area (Å²) >= 11 is 6.22. The molecule has 0 unspecified atom stereocenters. The van der Waals surface area contributed by atoms with Gasteiger partial charge < -0.3 is 24.8 Å². The van der Waals surface area contributed by atoms with E-state index < -0.39 is 0 Å². The molecule has 3 rings (SSSR count). The van der Waals surface area contributed by atoms with Crippen LogP contribution in [0.4, 0.5) is 4.79 Å². The Hall–Kier alpha value is -2.60. The maximum Gasteiger partial charge on any atom is 0.314 e. The third-order valence-electron chi connectivity index (χ3n) is 4.21. The number of hydrogen-bond donors (Lipinski definition) is 2. The third kappa shape index (κ3) is 5.44. The molecule has 6 nitrogen and oxygen atoms in total. The Kier molecular flexibility index (Phi) is 6.65. The van der Waals surface area contributed by atoms with Crippen molar-refractivity contribution in [3.8, 4) is 17.2 Å². The zero-order valence-electron chi connectivity index (χ0n) is 15.2. The fraction of sp³-hybridized carbons (Fsp3) is 0.350. The van der Waals surface area contributed by atoms with Crippen molar-refractivity contribution < 1.29 is 19.0 Å². The van der Waals surface area contributed by atoms with Gasteiger partial charge in [-0.1, -0.05) is 23.7 Å². The Balaban J connectivity index is 1.38. The molecule has 0 bridgehead atoms. The molecule has 27 heavy (non-hydrogen) atoms. The van der Waals surface area contributed by atoms with E-state index in [4.69, 9.17) is 25.8 Å². The fourth-order valence-corrected chi connectivity index (χ4v) is 3.09. The molecule has 1 heterocycles. The molecule has 0 saturated heterocycles. The zero-order valence-corrected chi connectivity index (χ0v) is 16.0. The number of carbonyl (C=O) groups excluding carboxylic acids is 1. The number of amides is 2. The van der Waals surface area contributed by atoms with Crippen LogP contribution in [0.5, 0.6) is 17.2 Å². The highest BCUT2D eigenvalue weighted by Crippen LogP contribution is 2.38. The summed E-state index contributed by atoms with van der Waals surface area (Å²) in [5.41, 5.74) is 2.13. The number of nitrogens with one attached hydrogen (secondary N) is 2. The van der Waals surface area contributed by atoms with Gasteiger partial charge in [-0.25, -0.2) is 4.79 Å². The topological polar surface area (TPSA) is 68.8 Å². The first-order valence-corrected chi connectivity index (χ1v) is 9.26. The number of ether oxygens (including phenoxy) is 3. The van der Waals surface area contributed by atoms with Gasteiger partial charge in [-0.3, -0.25) is 0 Å². The van der Waals surface area contributed by atoms with Gasteiger partial charge in [0.15, 0.2) is 11.5 Å². The molecule has 2 aromatic rings. The Bertz CT molecular complexity index is 780. The molecule has 0 atom stereocenters. The van der Waals surface area contributed by atoms with Gasteiger partial charge in [-0.15, -0.1) is 0 Å². The lowest BCUT2D eigenvalue weighted by atomic mass is 10.1. The summed E-state index contributed by atoms with van der Waals surface area (Å²) in [4.78, 5) is 11.9. The van der Waals surface area contributed by atoms with Crippen molar-refractivity contribution in [2.24, 2.45) is 0 Å². The number of hydrogen-bond acceptors (Lipinski definition) is 4. The van der Waals surface area contributed by atoms with Crippen LogP contribution in [0.1, 0.15) is 11.1 Å². The molecular weight excluding hydrogens is 368 g/mol. The lowest BCUT2D eigenvalue weighted by molar-refractivity contribution is 0.171. The van der Waals surface area contributed by atoms with Crippen LogP contribution in [-0.2, 0) is 12.8 Å². The van der Waals surface area contributed by atoms with Gasteiger partial charge in [-0.05, 0) is 48.2 Å². The van der Waals surface area contributed by atoms with Crippen LogP contribution in [0.2, 0.25) is 5.02 Å². The van der Waals surface area contributed by atoms with Crippen LogP contribution in [0, 0.1) is 0 Å². The van der Waals surface area contributed by atoms with E-state index in [-0.39, 0.29) is 6.03 Å². The molecular formula is C20H23ClN2O4. The van der Waals surface area contributed by atoms with E-state index in [1.54, 1.807) is 7.11 Å². The normalized spacial score (nSPS) is 12.4. The lowest BCUT2D eigenvalue weighted by Crippen LogP contribution is -2.37. The molecule has 7 heteroatoms. The molecule has 0 aromatic heterocycles. The number of halogens is 1. The standard InChI is InChI=1S/C20H23ClN2O4/c1-25-16-4-2-14(3-5-16)6-8-22-20(24)23-9-7-15-12-17(21)19-18(13-15)26-10-11-27-19/h2-5,12-13H,6-11H2,1H3,(H2,22,23,24). The Morgan fingerprint density at radius 1 is 1.04 bits per heavy atom. The molecule has 1 aliphatic heterocycles. The summed E-state index contributed by atoms with van der Waals surface area (Å²) in [7, 11) is 1.64. The summed E-state index contributed by atoms with van der Waals surface area (Å²) in [6.45, 7) is 2.09. The van der Waals surface area contributed by atoms with Crippen LogP contribution in [0.3, 0.4) is 0 Å². The number of benzene rings is 2. The molecule has 0 radical (unpaired) electrons. The highest BCUT2D eigenvalue weighted by Gasteiger charge is 2.16. The number of carbonyl (C=O) groups is 1. The minimum Gasteiger partial charge on any atom is -0.497 e. The second kappa shape index (κ2) is 9.37. The van der Waals surface area contributed by atoms with E-state index in [1.807, 2.05) is 36.4 Å². The van der Waals surface area contributed by atoms with Gasteiger partial charge in [0.25, 0.3) is 0 Å². The predicted octanol–water partition coefficient (Wildman–Crippen LogP) is 3.20. The first kappa shape index (κ1) is 19.2. The second-order valence-electron chi connectivity index (χ2n) is 6.13. The Labute approximate surface area is 163 Å². The quantitative estimate of drug-likeness (QED) is 0.761. The van der Waals surface area contributed by atoms with Crippen molar-refractivity contribution in [3.63, 3.8) is 0 Å². The first-order valence-electron chi connectivity index (χ1n) is 8.88. The molecule has 0 saturated carbocycles. The molecule has 0 fully saturated rings. The SMILES string of the molecule is COc1ccc(CCNC(=O)NCCc2cc(Cl)c3c(c2)OCCO3)cc1. The molecule has 0 spiro atoms. The van der Waals surface area contributed by atoms with E-state index in [2.05, 4.69) is 10.6 Å². The monoisotopic (exact) mass is 390 g/mol. The molecule has 2 amide bonds. The highest BCUT2D eigenvalue weighted by atomic mass is 35.5. The zero-order chi connectivity index (χ0) is 19.1. The summed E-state index contributed by atoms with van der Waals surface area (Å²) in [5.74, 6) is 2.08. The van der Waals surface area contributed by atoms with Gasteiger partial charge in [0.1, 0.15) is 19.0 Å². The van der Waals surface area contributed by atoms with E-state index >= 15 is 0 Å². The fourth-order valence-electron chi connectivity index (χ4n) is 2.80. The lowest BCUT2D eigenvalue weighted by Gasteiger charge is -2.20. The number of urea groups is 1. The van der Waals surface area contributed by atoms with Crippen molar-refractivity contribution in [2.45, 2.75) is 12.8 Å². The van der Waals surface area contributed by atoms with Crippen LogP contribution in [-0.4, -0.2) is 39.4 Å². The predicted molar refractivity (Wildman–Crippen MR) is 104 cm³/mol. The van der Waals surface area contributed by atoms with Crippen LogP contribution in [0.25, 0.3) is 0 Å². The van der Waals surface area contributed by atoms with Crippen molar-refractivity contribution in [3.05, 3.63) is 52.5 Å². The molecule has 0 aliphatic carbocycles. The molecule has 144 valence electrons. The summed E-state index contributed by atoms with van der Waals surface area (Å²) in [6, 6.07) is 11.4. The van der Waals surface area contributed by atoms with Gasteiger partial charge in [-0.2, -0.15) is 0 Å². The molecule has 2 N–H and O–H groups in total. The maximum atomic E-state index is 11.9. The van der Waals surface area contributed by atoms with Crippen molar-refractivity contribution >= 4 is 17.6 Å². The highest BCUT2D eigenvalue weighted by molar-refractivity contribution is 6.32. The van der Waals surface area contributed by atoms with Crippen LogP contribution in [0.15, 0.2) is 36.4 Å². The summed E-state index contributed by atoms with van der Waals surface area (Å²) in [6.07, 6.45) is 1.41. The van der Waals surface area contributed by atoms with E-state index in [0.29, 0.717) is 49.2 Å². The average Bonchev–Trinajstić information content (AvgIpc) is 2.68. The largest absolute Gasteiger partial charge is 0.497 e. The Morgan fingerprint density at radius 2 is 1.70 bits per heavy atom. The van der Waals surface area contributed by atoms with Crippen LogP contribution >= 0.6 is 11.6 Å². The average molecular weight is 391 g/mol. The minimum absolute atomic E-state index is 0.188. The van der Waals surface area contributed by atoms with E-state index in [9.17, 15) is 4.79 Å². The summed E-state index contributed by atoms with van der Waals surface area (Å²) < 4.78 is 16.2. The molecule has 1 aliphatic rings. The van der Waals surface area contributed by atoms with Crippen molar-refractivity contribution in [2.75, 3.05) is 33.4 Å². The van der Waals surface area contributed by atoms with Gasteiger partial charge in [0.05, 0.1) is 12.1 Å². The minimum atomic E-state index is -0.188. The summed E-state index contributed by atoms with van der Waals surface area (Å²) in [5, 5.41) is 6.24. The van der Waals surface area contributed by atoms with Crippen LogP contribution < -0.4 is 24.8 Å². The molecule has 2 aromatic carbocycles. The maximum absolute atomic E-state index is 11.9. The first-order chi connectivity index (χ1) is 13.2. The second-order valence-corrected chi connectivity index (χ2v) is 6.54. The number of fused-ring (bicyclic) bond motifs is 1. The van der Waals surface area contributed by atoms with Crippen molar-refractivity contribution in [1.29, 1.82) is 0 Å². The van der Waals surface area contributed by atoms with Gasteiger partial charge in [0.2, 0.25) is 0 Å². The number of methoxy groups -OCH3 is 1. The van der Waals surface area contributed by atoms with Crippen molar-refractivity contribution in [1.82, 2.24) is 10.6 Å². The van der Waals surface area contributed by atoms with Gasteiger partial charge >= 0.3 is 6.03 Å². The number of rotatable bonds is 7. The van der Waals surface area contributed by atoms with E-state index in [0.717, 1.165) is 23.3 Å². The third-order valence-corrected chi connectivity index (χ3v) is 4.49. The smallest absolute Gasteiger partial charge is 0.314 e. The Morgan fingerprint density at radius 3 is 2.41 bits per heavy atom. The van der Waals surface area contributed by atoms with Gasteiger partial charge in [0, 0.05) is 13.1 Å². The van der Waals surface area contributed by atoms with E-state index in [1.165, 1.54) is 0 Å².